The third-order valence-electron chi connectivity index (χ3n) is 4.16. The summed E-state index contributed by atoms with van der Waals surface area (Å²) in [6.45, 7) is 5.53. The number of nitrogens with zero attached hydrogens (tertiary/aromatic N) is 3. The van der Waals surface area contributed by atoms with Crippen LogP contribution in [0.3, 0.4) is 0 Å². The molecule has 0 saturated heterocycles. The fourth-order valence-electron chi connectivity index (χ4n) is 3.27. The van der Waals surface area contributed by atoms with Crippen molar-refractivity contribution in [1.29, 1.82) is 0 Å². The van der Waals surface area contributed by atoms with Crippen molar-refractivity contribution >= 4 is 28.3 Å². The Balaban J connectivity index is 2.09. The molecule has 4 heteroatoms. The SMILES string of the molecule is CC(C)CN(c1nc(Cl)nc2ccccc12)C1CCCC1. The summed E-state index contributed by atoms with van der Waals surface area (Å²) in [5, 5.41) is 1.45. The zero-order valence-corrected chi connectivity index (χ0v) is 13.5. The lowest BCUT2D eigenvalue weighted by atomic mass is 10.1. The van der Waals surface area contributed by atoms with Crippen molar-refractivity contribution in [2.75, 3.05) is 11.4 Å². The lowest BCUT2D eigenvalue weighted by Crippen LogP contribution is -2.37. The Morgan fingerprint density at radius 1 is 1.19 bits per heavy atom. The van der Waals surface area contributed by atoms with Crippen molar-refractivity contribution in [1.82, 2.24) is 9.97 Å². The molecule has 1 aromatic heterocycles. The molecule has 0 amide bonds. The second kappa shape index (κ2) is 6.18. The number of benzene rings is 1. The predicted molar refractivity (Wildman–Crippen MR) is 89.0 cm³/mol. The molecule has 0 radical (unpaired) electrons. The van der Waals surface area contributed by atoms with Gasteiger partial charge >= 0.3 is 0 Å². The molecule has 2 aromatic rings. The standard InChI is InChI=1S/C17H22ClN3/c1-12(2)11-21(13-7-3-4-8-13)16-14-9-5-6-10-15(14)19-17(18)20-16/h5-6,9-10,12-13H,3-4,7-8,11H2,1-2H3. The van der Waals surface area contributed by atoms with Gasteiger partial charge in [0.15, 0.2) is 0 Å². The average molecular weight is 304 g/mol. The zero-order valence-electron chi connectivity index (χ0n) is 12.7. The topological polar surface area (TPSA) is 29.0 Å². The van der Waals surface area contributed by atoms with Gasteiger partial charge in [-0.25, -0.2) is 4.98 Å². The third-order valence-corrected chi connectivity index (χ3v) is 4.32. The maximum atomic E-state index is 6.16. The van der Waals surface area contributed by atoms with Gasteiger partial charge < -0.3 is 4.90 Å². The number of anilines is 1. The summed E-state index contributed by atoms with van der Waals surface area (Å²) in [4.78, 5) is 11.4. The number of hydrogen-bond donors (Lipinski definition) is 0. The summed E-state index contributed by atoms with van der Waals surface area (Å²) in [7, 11) is 0. The van der Waals surface area contributed by atoms with Crippen molar-refractivity contribution in [3.63, 3.8) is 0 Å². The molecule has 0 bridgehead atoms. The molecule has 3 rings (SSSR count). The smallest absolute Gasteiger partial charge is 0.224 e. The Bertz CT molecular complexity index is 620. The van der Waals surface area contributed by atoms with Gasteiger partial charge in [0.05, 0.1) is 5.52 Å². The molecular weight excluding hydrogens is 282 g/mol. The number of hydrogen-bond acceptors (Lipinski definition) is 3. The minimum Gasteiger partial charge on any atom is -0.353 e. The van der Waals surface area contributed by atoms with E-state index < -0.39 is 0 Å². The quantitative estimate of drug-likeness (QED) is 0.767. The molecule has 1 aliphatic carbocycles. The zero-order chi connectivity index (χ0) is 14.8. The highest BCUT2D eigenvalue weighted by molar-refractivity contribution is 6.28. The molecule has 1 fully saturated rings. The Kier molecular flexibility index (Phi) is 4.29. The summed E-state index contributed by atoms with van der Waals surface area (Å²) in [6.07, 6.45) is 5.14. The molecular formula is C17H22ClN3. The molecule has 112 valence electrons. The molecule has 1 heterocycles. The third kappa shape index (κ3) is 3.13. The molecule has 1 saturated carbocycles. The van der Waals surface area contributed by atoms with Gasteiger partial charge in [0.25, 0.3) is 0 Å². The van der Waals surface area contributed by atoms with Gasteiger partial charge in [-0.2, -0.15) is 4.98 Å². The van der Waals surface area contributed by atoms with Crippen LogP contribution in [0.2, 0.25) is 5.28 Å². The van der Waals surface area contributed by atoms with Gasteiger partial charge in [-0.15, -0.1) is 0 Å². The first-order valence-corrected chi connectivity index (χ1v) is 8.22. The second-order valence-electron chi connectivity index (χ2n) is 6.32. The van der Waals surface area contributed by atoms with E-state index in [-0.39, 0.29) is 0 Å². The molecule has 0 spiro atoms. The van der Waals surface area contributed by atoms with Crippen LogP contribution < -0.4 is 4.90 Å². The first-order chi connectivity index (χ1) is 10.1. The van der Waals surface area contributed by atoms with Crippen LogP contribution in [-0.2, 0) is 0 Å². The molecule has 1 aliphatic rings. The Morgan fingerprint density at radius 3 is 2.62 bits per heavy atom. The molecule has 0 atom stereocenters. The number of fused-ring (bicyclic) bond motifs is 1. The highest BCUT2D eigenvalue weighted by Crippen LogP contribution is 2.32. The molecule has 3 nitrogen and oxygen atoms in total. The van der Waals surface area contributed by atoms with Crippen molar-refractivity contribution in [2.45, 2.75) is 45.6 Å². The lowest BCUT2D eigenvalue weighted by Gasteiger charge is -2.32. The summed E-state index contributed by atoms with van der Waals surface area (Å²) < 4.78 is 0. The predicted octanol–water partition coefficient (Wildman–Crippen LogP) is 4.69. The summed E-state index contributed by atoms with van der Waals surface area (Å²) in [5.74, 6) is 1.60. The minimum atomic E-state index is 0.343. The van der Waals surface area contributed by atoms with Gasteiger partial charge in [-0.1, -0.05) is 38.8 Å². The average Bonchev–Trinajstić information content (AvgIpc) is 2.97. The summed E-state index contributed by atoms with van der Waals surface area (Å²) >= 11 is 6.16. The first-order valence-electron chi connectivity index (χ1n) is 7.84. The molecule has 0 aliphatic heterocycles. The van der Waals surface area contributed by atoms with E-state index in [9.17, 15) is 0 Å². The molecule has 21 heavy (non-hydrogen) atoms. The van der Waals surface area contributed by atoms with E-state index in [1.165, 1.54) is 25.7 Å². The number of aromatic nitrogens is 2. The lowest BCUT2D eigenvalue weighted by molar-refractivity contribution is 0.532. The van der Waals surface area contributed by atoms with E-state index in [1.807, 2.05) is 18.2 Å². The van der Waals surface area contributed by atoms with Crippen LogP contribution in [0.5, 0.6) is 0 Å². The Morgan fingerprint density at radius 2 is 1.90 bits per heavy atom. The molecule has 1 aromatic carbocycles. The van der Waals surface area contributed by atoms with Crippen molar-refractivity contribution in [3.8, 4) is 0 Å². The number of halogens is 1. The van der Waals surface area contributed by atoms with E-state index in [0.29, 0.717) is 17.2 Å². The van der Waals surface area contributed by atoms with Gasteiger partial charge in [0, 0.05) is 18.0 Å². The first kappa shape index (κ1) is 14.6. The van der Waals surface area contributed by atoms with E-state index in [0.717, 1.165) is 23.3 Å². The highest BCUT2D eigenvalue weighted by Gasteiger charge is 2.26. The van der Waals surface area contributed by atoms with Crippen LogP contribution in [0.4, 0.5) is 5.82 Å². The van der Waals surface area contributed by atoms with E-state index in [4.69, 9.17) is 11.6 Å². The maximum Gasteiger partial charge on any atom is 0.224 e. The fourth-order valence-corrected chi connectivity index (χ4v) is 3.44. The monoisotopic (exact) mass is 303 g/mol. The highest BCUT2D eigenvalue weighted by atomic mass is 35.5. The normalized spacial score (nSPS) is 16.0. The van der Waals surface area contributed by atoms with Gasteiger partial charge in [0.1, 0.15) is 5.82 Å². The van der Waals surface area contributed by atoms with Gasteiger partial charge in [-0.3, -0.25) is 0 Å². The van der Waals surface area contributed by atoms with Crippen LogP contribution in [-0.4, -0.2) is 22.6 Å². The number of rotatable bonds is 4. The van der Waals surface area contributed by atoms with Gasteiger partial charge in [-0.05, 0) is 42.5 Å². The van der Waals surface area contributed by atoms with Crippen LogP contribution in [0.25, 0.3) is 10.9 Å². The number of para-hydroxylation sites is 1. The largest absolute Gasteiger partial charge is 0.353 e. The van der Waals surface area contributed by atoms with Crippen molar-refractivity contribution in [3.05, 3.63) is 29.5 Å². The maximum absolute atomic E-state index is 6.16. The van der Waals surface area contributed by atoms with E-state index in [1.54, 1.807) is 0 Å². The van der Waals surface area contributed by atoms with Crippen LogP contribution in [0.1, 0.15) is 39.5 Å². The summed E-state index contributed by atoms with van der Waals surface area (Å²) in [5.41, 5.74) is 0.930. The van der Waals surface area contributed by atoms with Gasteiger partial charge in [0.2, 0.25) is 5.28 Å². The van der Waals surface area contributed by atoms with Crippen molar-refractivity contribution in [2.24, 2.45) is 5.92 Å². The van der Waals surface area contributed by atoms with Crippen LogP contribution in [0.15, 0.2) is 24.3 Å². The minimum absolute atomic E-state index is 0.343. The summed E-state index contributed by atoms with van der Waals surface area (Å²) in [6, 6.07) is 8.74. The Hall–Kier alpha value is -1.35. The van der Waals surface area contributed by atoms with E-state index in [2.05, 4.69) is 34.8 Å². The van der Waals surface area contributed by atoms with Crippen LogP contribution in [0, 0.1) is 5.92 Å². The van der Waals surface area contributed by atoms with Crippen molar-refractivity contribution < 1.29 is 0 Å². The fraction of sp³-hybridized carbons (Fsp3) is 0.529. The molecule has 0 N–H and O–H groups in total. The Labute approximate surface area is 131 Å². The molecule has 0 unspecified atom stereocenters. The second-order valence-corrected chi connectivity index (χ2v) is 6.66. The van der Waals surface area contributed by atoms with Crippen LogP contribution >= 0.6 is 11.6 Å². The van der Waals surface area contributed by atoms with E-state index >= 15 is 0 Å².